The predicted molar refractivity (Wildman–Crippen MR) is 124 cm³/mol. The number of halogens is 1. The Morgan fingerprint density at radius 1 is 1.12 bits per heavy atom. The van der Waals surface area contributed by atoms with Crippen LogP contribution in [0.5, 0.6) is 5.88 Å². The number of ether oxygens (including phenoxy) is 1. The topological polar surface area (TPSA) is 78.8 Å². The van der Waals surface area contributed by atoms with Crippen molar-refractivity contribution in [3.63, 3.8) is 0 Å². The Bertz CT molecular complexity index is 922. The van der Waals surface area contributed by atoms with Gasteiger partial charge in [-0.2, -0.15) is 0 Å². The molecule has 178 valence electrons. The van der Waals surface area contributed by atoms with Gasteiger partial charge in [-0.15, -0.1) is 0 Å². The average molecular weight is 457 g/mol. The van der Waals surface area contributed by atoms with E-state index in [9.17, 15) is 14.3 Å². The molecule has 1 N–H and O–H groups in total. The van der Waals surface area contributed by atoms with Crippen molar-refractivity contribution in [3.8, 4) is 17.1 Å². The fraction of sp³-hybridized carbons (Fsp3) is 0.560. The molecule has 3 heterocycles. The summed E-state index contributed by atoms with van der Waals surface area (Å²) in [5, 5.41) is 9.64. The van der Waals surface area contributed by atoms with Crippen LogP contribution in [0.4, 0.5) is 4.39 Å². The van der Waals surface area contributed by atoms with Gasteiger partial charge >= 0.3 is 0 Å². The van der Waals surface area contributed by atoms with Gasteiger partial charge in [-0.25, -0.2) is 14.4 Å². The number of carbonyl (C=O) groups excluding carboxylic acids is 1. The Morgan fingerprint density at radius 3 is 2.42 bits per heavy atom. The lowest BCUT2D eigenvalue weighted by Gasteiger charge is -2.34. The van der Waals surface area contributed by atoms with Gasteiger partial charge < -0.3 is 19.6 Å². The lowest BCUT2D eigenvalue weighted by molar-refractivity contribution is 0.0765. The maximum Gasteiger partial charge on any atom is 0.253 e. The summed E-state index contributed by atoms with van der Waals surface area (Å²) in [5.74, 6) is 0.866. The van der Waals surface area contributed by atoms with Gasteiger partial charge in [0, 0.05) is 30.8 Å². The number of carbonyl (C=O) groups is 1. The number of hydrogen-bond acceptors (Lipinski definition) is 6. The highest BCUT2D eigenvalue weighted by atomic mass is 19.1. The standard InChI is InChI=1S/C25H33FN4O3/c1-25(2,26)17-29-10-7-18(8-11-29)16-33-23-14-27-22(13-28-23)19-3-5-20(6-4-19)24(32)30-12-9-21(31)15-30/h3-6,13-14,18,21,31H,7-12,15-17H2,1-2H3. The molecule has 0 aliphatic carbocycles. The van der Waals surface area contributed by atoms with Crippen LogP contribution in [0.3, 0.4) is 0 Å². The molecule has 33 heavy (non-hydrogen) atoms. The van der Waals surface area contributed by atoms with Crippen LogP contribution in [0.25, 0.3) is 11.3 Å². The minimum atomic E-state index is -1.16. The molecule has 0 spiro atoms. The number of benzene rings is 1. The zero-order valence-electron chi connectivity index (χ0n) is 19.4. The molecule has 1 unspecified atom stereocenters. The number of aliphatic hydroxyl groups excluding tert-OH is 1. The molecule has 0 bridgehead atoms. The predicted octanol–water partition coefficient (Wildman–Crippen LogP) is 3.19. The molecule has 0 saturated carbocycles. The molecule has 0 radical (unpaired) electrons. The molecular formula is C25H33FN4O3. The highest BCUT2D eigenvalue weighted by Gasteiger charge is 2.26. The SMILES string of the molecule is CC(C)(F)CN1CCC(COc2cnc(-c3ccc(C(=O)N4CCC(O)C4)cc3)cn2)CC1. The Labute approximate surface area is 194 Å². The first-order valence-electron chi connectivity index (χ1n) is 11.7. The van der Waals surface area contributed by atoms with Crippen molar-refractivity contribution < 1.29 is 19.0 Å². The zero-order chi connectivity index (χ0) is 23.4. The van der Waals surface area contributed by atoms with Crippen molar-refractivity contribution in [3.05, 3.63) is 42.2 Å². The minimum absolute atomic E-state index is 0.0628. The van der Waals surface area contributed by atoms with Gasteiger partial charge in [0.2, 0.25) is 5.88 Å². The fourth-order valence-electron chi connectivity index (χ4n) is 4.48. The smallest absolute Gasteiger partial charge is 0.253 e. The molecule has 2 aliphatic heterocycles. The number of piperidine rings is 1. The minimum Gasteiger partial charge on any atom is -0.476 e. The van der Waals surface area contributed by atoms with Crippen LogP contribution in [0.15, 0.2) is 36.7 Å². The van der Waals surface area contributed by atoms with E-state index in [1.807, 2.05) is 12.1 Å². The van der Waals surface area contributed by atoms with Crippen molar-refractivity contribution in [2.24, 2.45) is 5.92 Å². The summed E-state index contributed by atoms with van der Waals surface area (Å²) in [6, 6.07) is 7.28. The first kappa shape index (κ1) is 23.6. The molecule has 4 rings (SSSR count). The van der Waals surface area contributed by atoms with Gasteiger partial charge in [0.25, 0.3) is 5.91 Å². The van der Waals surface area contributed by atoms with Gasteiger partial charge in [0.15, 0.2) is 0 Å². The van der Waals surface area contributed by atoms with Gasteiger partial charge in [-0.05, 0) is 64.3 Å². The number of aliphatic hydroxyl groups is 1. The summed E-state index contributed by atoms with van der Waals surface area (Å²) in [6.07, 6.45) is 5.48. The van der Waals surface area contributed by atoms with Crippen LogP contribution >= 0.6 is 0 Å². The lowest BCUT2D eigenvalue weighted by atomic mass is 9.97. The van der Waals surface area contributed by atoms with Crippen LogP contribution < -0.4 is 4.74 Å². The summed E-state index contributed by atoms with van der Waals surface area (Å²) in [6.45, 7) is 7.07. The second-order valence-corrected chi connectivity index (χ2v) is 9.76. The van der Waals surface area contributed by atoms with E-state index in [1.54, 1.807) is 43.3 Å². The average Bonchev–Trinajstić information content (AvgIpc) is 3.24. The van der Waals surface area contributed by atoms with E-state index < -0.39 is 11.8 Å². The van der Waals surface area contributed by atoms with Crippen molar-refractivity contribution in [2.45, 2.75) is 44.9 Å². The fourth-order valence-corrected chi connectivity index (χ4v) is 4.48. The largest absolute Gasteiger partial charge is 0.476 e. The van der Waals surface area contributed by atoms with Gasteiger partial charge in [0.1, 0.15) is 5.67 Å². The number of hydrogen-bond donors (Lipinski definition) is 1. The number of nitrogens with zero attached hydrogens (tertiary/aromatic N) is 4. The van der Waals surface area contributed by atoms with E-state index in [1.165, 1.54) is 0 Å². The van der Waals surface area contributed by atoms with Gasteiger partial charge in [-0.1, -0.05) is 12.1 Å². The molecule has 1 atom stereocenters. The summed E-state index contributed by atoms with van der Waals surface area (Å²) < 4.78 is 19.7. The quantitative estimate of drug-likeness (QED) is 0.690. The first-order valence-corrected chi connectivity index (χ1v) is 11.7. The third kappa shape index (κ3) is 6.48. The summed E-state index contributed by atoms with van der Waals surface area (Å²) in [5.41, 5.74) is 1.02. The molecule has 1 amide bonds. The normalized spacial score (nSPS) is 20.2. The van der Waals surface area contributed by atoms with Crippen molar-refractivity contribution in [2.75, 3.05) is 39.3 Å². The number of rotatable bonds is 7. The third-order valence-corrected chi connectivity index (χ3v) is 6.28. The van der Waals surface area contributed by atoms with E-state index in [0.717, 1.165) is 31.5 Å². The van der Waals surface area contributed by atoms with E-state index >= 15 is 0 Å². The highest BCUT2D eigenvalue weighted by Crippen LogP contribution is 2.23. The molecule has 2 saturated heterocycles. The maximum atomic E-state index is 13.8. The van der Waals surface area contributed by atoms with Crippen LogP contribution in [-0.4, -0.2) is 81.9 Å². The highest BCUT2D eigenvalue weighted by molar-refractivity contribution is 5.94. The zero-order valence-corrected chi connectivity index (χ0v) is 19.4. The van der Waals surface area contributed by atoms with E-state index in [2.05, 4.69) is 14.9 Å². The Kier molecular flexibility index (Phi) is 7.24. The summed E-state index contributed by atoms with van der Waals surface area (Å²) in [7, 11) is 0. The first-order chi connectivity index (χ1) is 15.8. The lowest BCUT2D eigenvalue weighted by Crippen LogP contribution is -2.41. The van der Waals surface area contributed by atoms with Gasteiger partial charge in [-0.3, -0.25) is 4.79 Å². The van der Waals surface area contributed by atoms with E-state index in [-0.39, 0.29) is 5.91 Å². The molecule has 1 aromatic heterocycles. The Morgan fingerprint density at radius 2 is 1.85 bits per heavy atom. The molecule has 2 aliphatic rings. The second-order valence-electron chi connectivity index (χ2n) is 9.76. The van der Waals surface area contributed by atoms with E-state index in [0.29, 0.717) is 55.7 Å². The number of alkyl halides is 1. The van der Waals surface area contributed by atoms with Crippen molar-refractivity contribution in [1.29, 1.82) is 0 Å². The van der Waals surface area contributed by atoms with Crippen LogP contribution in [0.2, 0.25) is 0 Å². The van der Waals surface area contributed by atoms with Gasteiger partial charge in [0.05, 0.1) is 30.8 Å². The molecule has 7 nitrogen and oxygen atoms in total. The Balaban J connectivity index is 1.26. The molecule has 8 heteroatoms. The molecule has 2 aromatic rings. The second kappa shape index (κ2) is 10.1. The van der Waals surface area contributed by atoms with Crippen LogP contribution in [0, 0.1) is 5.92 Å². The Hall–Kier alpha value is -2.58. The molecular weight excluding hydrogens is 423 g/mol. The number of likely N-dealkylation sites (tertiary alicyclic amines) is 2. The van der Waals surface area contributed by atoms with E-state index in [4.69, 9.17) is 4.74 Å². The number of aromatic nitrogens is 2. The third-order valence-electron chi connectivity index (χ3n) is 6.28. The van der Waals surface area contributed by atoms with Crippen LogP contribution in [-0.2, 0) is 0 Å². The summed E-state index contributed by atoms with van der Waals surface area (Å²) in [4.78, 5) is 25.2. The van der Waals surface area contributed by atoms with Crippen molar-refractivity contribution in [1.82, 2.24) is 19.8 Å². The maximum absolute atomic E-state index is 13.8. The number of amides is 1. The van der Waals surface area contributed by atoms with Crippen LogP contribution in [0.1, 0.15) is 43.5 Å². The molecule has 2 fully saturated rings. The monoisotopic (exact) mass is 456 g/mol. The number of β-amino-alcohol motifs (C(OH)–C–C–N with tert-alkyl or cyclic N) is 1. The molecule has 1 aromatic carbocycles. The van der Waals surface area contributed by atoms with Crippen molar-refractivity contribution >= 4 is 5.91 Å². The summed E-state index contributed by atoms with van der Waals surface area (Å²) >= 11 is 0.